The van der Waals surface area contributed by atoms with E-state index in [1.54, 1.807) is 19.1 Å². The van der Waals surface area contributed by atoms with E-state index < -0.39 is 5.82 Å². The first-order chi connectivity index (χ1) is 11.4. The Morgan fingerprint density at radius 1 is 1.42 bits per heavy atom. The third-order valence-electron chi connectivity index (χ3n) is 4.09. The second kappa shape index (κ2) is 6.65. The number of carbonyl (C=O) groups excluding carboxylic acids is 1. The maximum absolute atomic E-state index is 13.2. The molecule has 2 N–H and O–H groups in total. The minimum atomic E-state index is -0.455. The molecule has 0 bridgehead atoms. The van der Waals surface area contributed by atoms with Gasteiger partial charge in [0.25, 0.3) is 5.91 Å². The number of hydrogen-bond acceptors (Lipinski definition) is 3. The van der Waals surface area contributed by atoms with E-state index in [2.05, 4.69) is 10.3 Å². The predicted octanol–water partition coefficient (Wildman–Crippen LogP) is 2.48. The van der Waals surface area contributed by atoms with Gasteiger partial charge in [0.05, 0.1) is 5.02 Å². The minimum Gasteiger partial charge on any atom is -0.369 e. The van der Waals surface area contributed by atoms with Gasteiger partial charge < -0.3 is 15.2 Å². The molecule has 7 heteroatoms. The van der Waals surface area contributed by atoms with Crippen LogP contribution in [0.15, 0.2) is 35.3 Å². The molecule has 0 spiro atoms. The molecule has 1 aliphatic rings. The van der Waals surface area contributed by atoms with Gasteiger partial charge in [0.15, 0.2) is 5.43 Å². The Balaban J connectivity index is 1.66. The number of halogens is 2. The van der Waals surface area contributed by atoms with E-state index in [1.807, 2.05) is 4.90 Å². The molecule has 0 radical (unpaired) electrons. The maximum atomic E-state index is 13.2. The summed E-state index contributed by atoms with van der Waals surface area (Å²) in [6.45, 7) is 3.06. The first kappa shape index (κ1) is 16.5. The monoisotopic (exact) mass is 349 g/mol. The molecule has 3 rings (SSSR count). The van der Waals surface area contributed by atoms with Crippen molar-refractivity contribution in [2.75, 3.05) is 18.0 Å². The summed E-state index contributed by atoms with van der Waals surface area (Å²) in [5.41, 5.74) is 1.32. The number of aryl methyl sites for hydroxylation is 1. The van der Waals surface area contributed by atoms with Gasteiger partial charge in [-0.3, -0.25) is 9.59 Å². The van der Waals surface area contributed by atoms with Gasteiger partial charge in [-0.05, 0) is 31.5 Å². The lowest BCUT2D eigenvalue weighted by Gasteiger charge is -2.19. The third kappa shape index (κ3) is 3.43. The molecule has 2 heterocycles. The second-order valence-electron chi connectivity index (χ2n) is 5.90. The SMILES string of the molecule is Cc1cc(=O)c(C(=O)NC2CCN(c3ccc(F)c(Cl)c3)C2)c[nH]1. The number of hydrogen-bond donors (Lipinski definition) is 2. The Labute approximate surface area is 143 Å². The lowest BCUT2D eigenvalue weighted by atomic mass is 10.2. The van der Waals surface area contributed by atoms with Crippen LogP contribution in [-0.2, 0) is 0 Å². The number of rotatable bonds is 3. The largest absolute Gasteiger partial charge is 0.369 e. The molecule has 24 heavy (non-hydrogen) atoms. The highest BCUT2D eigenvalue weighted by Crippen LogP contribution is 2.25. The highest BCUT2D eigenvalue weighted by atomic mass is 35.5. The average molecular weight is 350 g/mol. The number of nitrogens with zero attached hydrogens (tertiary/aromatic N) is 1. The fourth-order valence-corrected chi connectivity index (χ4v) is 2.98. The number of carbonyl (C=O) groups is 1. The van der Waals surface area contributed by atoms with Crippen molar-refractivity contribution in [3.05, 3.63) is 62.8 Å². The Kier molecular flexibility index (Phi) is 4.57. The van der Waals surface area contributed by atoms with Crippen LogP contribution in [-0.4, -0.2) is 30.0 Å². The number of aromatic amines is 1. The van der Waals surface area contributed by atoms with Crippen LogP contribution < -0.4 is 15.6 Å². The van der Waals surface area contributed by atoms with Crippen molar-refractivity contribution in [3.63, 3.8) is 0 Å². The standard InChI is InChI=1S/C17H17ClFN3O2/c1-10-6-16(23)13(8-20-10)17(24)21-11-4-5-22(9-11)12-2-3-15(19)14(18)7-12/h2-3,6-8,11H,4-5,9H2,1H3,(H,20,23)(H,21,24). The number of amides is 1. The van der Waals surface area contributed by atoms with Crippen molar-refractivity contribution in [1.29, 1.82) is 0 Å². The molecule has 1 aliphatic heterocycles. The average Bonchev–Trinajstić information content (AvgIpc) is 2.98. The normalized spacial score (nSPS) is 17.1. The van der Waals surface area contributed by atoms with E-state index in [4.69, 9.17) is 11.6 Å². The van der Waals surface area contributed by atoms with Gasteiger partial charge in [0.2, 0.25) is 0 Å². The molecule has 1 aromatic heterocycles. The number of H-pyrrole nitrogens is 1. The van der Waals surface area contributed by atoms with Crippen molar-refractivity contribution < 1.29 is 9.18 Å². The summed E-state index contributed by atoms with van der Waals surface area (Å²) in [4.78, 5) is 29.0. The number of aromatic nitrogens is 1. The maximum Gasteiger partial charge on any atom is 0.257 e. The summed E-state index contributed by atoms with van der Waals surface area (Å²) in [7, 11) is 0. The molecule has 1 fully saturated rings. The van der Waals surface area contributed by atoms with Crippen LogP contribution in [0.4, 0.5) is 10.1 Å². The van der Waals surface area contributed by atoms with E-state index >= 15 is 0 Å². The predicted molar refractivity (Wildman–Crippen MR) is 91.3 cm³/mol. The molecule has 1 amide bonds. The summed E-state index contributed by atoms with van der Waals surface area (Å²) in [5.74, 6) is -0.844. The summed E-state index contributed by atoms with van der Waals surface area (Å²) in [5, 5.41) is 2.95. The topological polar surface area (TPSA) is 65.2 Å². The Morgan fingerprint density at radius 3 is 2.92 bits per heavy atom. The van der Waals surface area contributed by atoms with Crippen molar-refractivity contribution in [2.24, 2.45) is 0 Å². The lowest BCUT2D eigenvalue weighted by molar-refractivity contribution is 0.0939. The van der Waals surface area contributed by atoms with Gasteiger partial charge in [0.1, 0.15) is 11.4 Å². The smallest absolute Gasteiger partial charge is 0.257 e. The van der Waals surface area contributed by atoms with E-state index in [9.17, 15) is 14.0 Å². The van der Waals surface area contributed by atoms with Gasteiger partial charge in [-0.1, -0.05) is 11.6 Å². The van der Waals surface area contributed by atoms with Gasteiger partial charge >= 0.3 is 0 Å². The fraction of sp³-hybridized carbons (Fsp3) is 0.294. The summed E-state index contributed by atoms with van der Waals surface area (Å²) in [6, 6.07) is 5.88. The Bertz CT molecular complexity index is 837. The highest BCUT2D eigenvalue weighted by molar-refractivity contribution is 6.31. The van der Waals surface area contributed by atoms with Crippen LogP contribution in [0.5, 0.6) is 0 Å². The molecule has 0 saturated carbocycles. The van der Waals surface area contributed by atoms with Crippen LogP contribution >= 0.6 is 11.6 Å². The number of benzene rings is 1. The van der Waals surface area contributed by atoms with Crippen LogP contribution in [0, 0.1) is 12.7 Å². The zero-order valence-corrected chi connectivity index (χ0v) is 13.9. The third-order valence-corrected chi connectivity index (χ3v) is 4.38. The second-order valence-corrected chi connectivity index (χ2v) is 6.30. The van der Waals surface area contributed by atoms with Gasteiger partial charge in [-0.25, -0.2) is 4.39 Å². The van der Waals surface area contributed by atoms with Crippen molar-refractivity contribution in [2.45, 2.75) is 19.4 Å². The van der Waals surface area contributed by atoms with Crippen LogP contribution in [0.1, 0.15) is 22.5 Å². The molecule has 1 aromatic carbocycles. The molecular weight excluding hydrogens is 333 g/mol. The lowest BCUT2D eigenvalue weighted by Crippen LogP contribution is -2.39. The van der Waals surface area contributed by atoms with E-state index in [0.717, 1.165) is 18.7 Å². The number of nitrogens with one attached hydrogen (secondary N) is 2. The molecule has 1 unspecified atom stereocenters. The van der Waals surface area contributed by atoms with E-state index in [1.165, 1.54) is 18.3 Å². The number of anilines is 1. The highest BCUT2D eigenvalue weighted by Gasteiger charge is 2.25. The first-order valence-corrected chi connectivity index (χ1v) is 8.02. The van der Waals surface area contributed by atoms with Crippen LogP contribution in [0.3, 0.4) is 0 Å². The Hall–Kier alpha value is -2.34. The van der Waals surface area contributed by atoms with Gasteiger partial charge in [0, 0.05) is 42.8 Å². The summed E-state index contributed by atoms with van der Waals surface area (Å²) in [6.07, 6.45) is 2.17. The van der Waals surface area contributed by atoms with E-state index in [0.29, 0.717) is 12.2 Å². The minimum absolute atomic E-state index is 0.0752. The molecule has 1 atom stereocenters. The summed E-state index contributed by atoms with van der Waals surface area (Å²) < 4.78 is 13.2. The molecule has 126 valence electrons. The fourth-order valence-electron chi connectivity index (χ4n) is 2.81. The zero-order valence-electron chi connectivity index (χ0n) is 13.1. The van der Waals surface area contributed by atoms with Crippen molar-refractivity contribution >= 4 is 23.2 Å². The van der Waals surface area contributed by atoms with Crippen LogP contribution in [0.2, 0.25) is 5.02 Å². The van der Waals surface area contributed by atoms with Gasteiger partial charge in [-0.15, -0.1) is 0 Å². The zero-order chi connectivity index (χ0) is 17.3. The van der Waals surface area contributed by atoms with Gasteiger partial charge in [-0.2, -0.15) is 0 Å². The first-order valence-electron chi connectivity index (χ1n) is 7.64. The molecule has 0 aliphatic carbocycles. The molecule has 2 aromatic rings. The number of pyridine rings is 1. The van der Waals surface area contributed by atoms with E-state index in [-0.39, 0.29) is 28.0 Å². The van der Waals surface area contributed by atoms with Crippen molar-refractivity contribution in [3.8, 4) is 0 Å². The molecular formula is C17H17ClFN3O2. The van der Waals surface area contributed by atoms with Crippen LogP contribution in [0.25, 0.3) is 0 Å². The molecule has 5 nitrogen and oxygen atoms in total. The van der Waals surface area contributed by atoms with Crippen molar-refractivity contribution in [1.82, 2.24) is 10.3 Å². The summed E-state index contributed by atoms with van der Waals surface area (Å²) >= 11 is 5.81. The quantitative estimate of drug-likeness (QED) is 0.894. The molecule has 1 saturated heterocycles. The Morgan fingerprint density at radius 2 is 2.21 bits per heavy atom.